The Morgan fingerprint density at radius 2 is 1.77 bits per heavy atom. The molecule has 1 fully saturated rings. The number of amides is 1. The van der Waals surface area contributed by atoms with Crippen LogP contribution in [0.3, 0.4) is 0 Å². The van der Waals surface area contributed by atoms with E-state index in [0.29, 0.717) is 32.0 Å². The first-order valence-corrected chi connectivity index (χ1v) is 10.1. The van der Waals surface area contributed by atoms with Gasteiger partial charge in [-0.3, -0.25) is 9.59 Å². The largest absolute Gasteiger partial charge is 0.466 e. The molecule has 1 aliphatic carbocycles. The molecular formula is C22H33NO3. The number of aryl methyl sites for hydroxylation is 1. The van der Waals surface area contributed by atoms with Crippen LogP contribution in [0.2, 0.25) is 0 Å². The molecule has 2 rings (SSSR count). The normalized spacial score (nSPS) is 14.8. The number of ether oxygens (including phenoxy) is 1. The molecule has 0 bridgehead atoms. The first-order chi connectivity index (χ1) is 12.6. The van der Waals surface area contributed by atoms with Crippen LogP contribution in [-0.4, -0.2) is 29.9 Å². The van der Waals surface area contributed by atoms with Crippen molar-refractivity contribution in [2.24, 2.45) is 5.92 Å². The van der Waals surface area contributed by atoms with E-state index in [1.54, 1.807) is 6.92 Å². The van der Waals surface area contributed by atoms with E-state index < -0.39 is 0 Å². The summed E-state index contributed by atoms with van der Waals surface area (Å²) in [7, 11) is 0. The number of benzene rings is 1. The van der Waals surface area contributed by atoms with Crippen molar-refractivity contribution >= 4 is 11.9 Å². The minimum Gasteiger partial charge on any atom is -0.466 e. The van der Waals surface area contributed by atoms with Gasteiger partial charge in [0.1, 0.15) is 0 Å². The molecule has 1 amide bonds. The number of carbonyl (C=O) groups excluding carboxylic acids is 2. The van der Waals surface area contributed by atoms with E-state index >= 15 is 0 Å². The summed E-state index contributed by atoms with van der Waals surface area (Å²) in [6.07, 6.45) is 8.27. The lowest BCUT2D eigenvalue weighted by molar-refractivity contribution is -0.144. The molecule has 4 heteroatoms. The van der Waals surface area contributed by atoms with Gasteiger partial charge in [0.25, 0.3) is 0 Å². The first kappa shape index (κ1) is 20.5. The highest BCUT2D eigenvalue weighted by Crippen LogP contribution is 2.27. The van der Waals surface area contributed by atoms with Crippen molar-refractivity contribution in [3.63, 3.8) is 0 Å². The van der Waals surface area contributed by atoms with Crippen LogP contribution in [0, 0.1) is 12.8 Å². The Morgan fingerprint density at radius 3 is 2.42 bits per heavy atom. The molecule has 0 unspecified atom stereocenters. The molecule has 1 aliphatic rings. The third-order valence-electron chi connectivity index (χ3n) is 5.23. The van der Waals surface area contributed by atoms with Gasteiger partial charge in [0.2, 0.25) is 5.91 Å². The van der Waals surface area contributed by atoms with E-state index in [1.807, 2.05) is 4.90 Å². The molecule has 0 N–H and O–H groups in total. The third-order valence-corrected chi connectivity index (χ3v) is 5.23. The van der Waals surface area contributed by atoms with Crippen LogP contribution >= 0.6 is 0 Å². The molecule has 26 heavy (non-hydrogen) atoms. The van der Waals surface area contributed by atoms with Crippen LogP contribution < -0.4 is 0 Å². The number of esters is 1. The standard InChI is InChI=1S/C22H33NO3/c1-3-26-22(25)15-16-23(17-20-11-9-18(2)10-12-20)21(24)14-13-19-7-5-4-6-8-19/h9-12,19H,3-8,13-17H2,1-2H3. The van der Waals surface area contributed by atoms with Crippen LogP contribution in [0.1, 0.15) is 69.4 Å². The monoisotopic (exact) mass is 359 g/mol. The first-order valence-electron chi connectivity index (χ1n) is 10.1. The summed E-state index contributed by atoms with van der Waals surface area (Å²) in [6.45, 7) is 5.22. The molecule has 0 saturated heterocycles. The minimum absolute atomic E-state index is 0.153. The van der Waals surface area contributed by atoms with Gasteiger partial charge in [-0.2, -0.15) is 0 Å². The number of rotatable bonds is 9. The summed E-state index contributed by atoms with van der Waals surface area (Å²) in [5.74, 6) is 0.612. The van der Waals surface area contributed by atoms with Gasteiger partial charge in [-0.15, -0.1) is 0 Å². The van der Waals surface area contributed by atoms with E-state index in [-0.39, 0.29) is 18.3 Å². The van der Waals surface area contributed by atoms with Crippen molar-refractivity contribution in [3.8, 4) is 0 Å². The van der Waals surface area contributed by atoms with Gasteiger partial charge in [-0.05, 0) is 31.7 Å². The Hall–Kier alpha value is -1.84. The summed E-state index contributed by atoms with van der Waals surface area (Å²) >= 11 is 0. The van der Waals surface area contributed by atoms with Crippen molar-refractivity contribution in [3.05, 3.63) is 35.4 Å². The van der Waals surface area contributed by atoms with Gasteiger partial charge in [-0.25, -0.2) is 0 Å². The van der Waals surface area contributed by atoms with E-state index in [4.69, 9.17) is 4.74 Å². The van der Waals surface area contributed by atoms with Gasteiger partial charge in [0, 0.05) is 19.5 Å². The Morgan fingerprint density at radius 1 is 1.08 bits per heavy atom. The van der Waals surface area contributed by atoms with Gasteiger partial charge in [0.05, 0.1) is 13.0 Å². The van der Waals surface area contributed by atoms with Crippen molar-refractivity contribution in [2.75, 3.05) is 13.2 Å². The zero-order chi connectivity index (χ0) is 18.8. The quantitative estimate of drug-likeness (QED) is 0.604. The average molecular weight is 360 g/mol. The maximum atomic E-state index is 12.8. The van der Waals surface area contributed by atoms with Crippen molar-refractivity contribution < 1.29 is 14.3 Å². The summed E-state index contributed by atoms with van der Waals surface area (Å²) in [5, 5.41) is 0. The molecule has 0 heterocycles. The van der Waals surface area contributed by atoms with Gasteiger partial charge in [-0.1, -0.05) is 61.9 Å². The molecule has 1 aromatic rings. The van der Waals surface area contributed by atoms with Crippen LogP contribution in [0.5, 0.6) is 0 Å². The molecule has 0 atom stereocenters. The van der Waals surface area contributed by atoms with E-state index in [9.17, 15) is 9.59 Å². The van der Waals surface area contributed by atoms with Gasteiger partial charge in [0.15, 0.2) is 0 Å². The molecule has 1 saturated carbocycles. The lowest BCUT2D eigenvalue weighted by atomic mass is 9.86. The highest BCUT2D eigenvalue weighted by Gasteiger charge is 2.19. The zero-order valence-corrected chi connectivity index (χ0v) is 16.3. The van der Waals surface area contributed by atoms with Crippen LogP contribution in [0.15, 0.2) is 24.3 Å². The Balaban J connectivity index is 1.92. The molecule has 0 spiro atoms. The number of nitrogens with zero attached hydrogens (tertiary/aromatic N) is 1. The molecule has 0 radical (unpaired) electrons. The summed E-state index contributed by atoms with van der Waals surface area (Å²) in [4.78, 5) is 26.3. The zero-order valence-electron chi connectivity index (χ0n) is 16.3. The van der Waals surface area contributed by atoms with Crippen LogP contribution in [0.4, 0.5) is 0 Å². The molecule has 1 aromatic carbocycles. The number of carbonyl (C=O) groups is 2. The van der Waals surface area contributed by atoms with Gasteiger partial charge < -0.3 is 9.64 Å². The van der Waals surface area contributed by atoms with E-state index in [0.717, 1.165) is 12.0 Å². The molecular weight excluding hydrogens is 326 g/mol. The highest BCUT2D eigenvalue weighted by molar-refractivity contribution is 5.77. The lowest BCUT2D eigenvalue weighted by Crippen LogP contribution is -2.33. The minimum atomic E-state index is -0.235. The molecule has 0 aliphatic heterocycles. The predicted molar refractivity (Wildman–Crippen MR) is 104 cm³/mol. The van der Waals surface area contributed by atoms with Gasteiger partial charge >= 0.3 is 5.97 Å². The fraction of sp³-hybridized carbons (Fsp3) is 0.636. The van der Waals surface area contributed by atoms with Crippen molar-refractivity contribution in [1.29, 1.82) is 0 Å². The third kappa shape index (κ3) is 7.19. The fourth-order valence-electron chi connectivity index (χ4n) is 3.63. The molecule has 4 nitrogen and oxygen atoms in total. The van der Waals surface area contributed by atoms with Crippen LogP contribution in [-0.2, 0) is 20.9 Å². The summed E-state index contributed by atoms with van der Waals surface area (Å²) in [5.41, 5.74) is 2.31. The topological polar surface area (TPSA) is 46.6 Å². The number of hydrogen-bond donors (Lipinski definition) is 0. The number of hydrogen-bond acceptors (Lipinski definition) is 3. The Bertz CT molecular complexity index is 561. The second-order valence-electron chi connectivity index (χ2n) is 7.40. The van der Waals surface area contributed by atoms with E-state index in [2.05, 4.69) is 31.2 Å². The average Bonchev–Trinajstić information content (AvgIpc) is 2.66. The van der Waals surface area contributed by atoms with E-state index in [1.165, 1.54) is 37.7 Å². The van der Waals surface area contributed by atoms with Crippen molar-refractivity contribution in [2.45, 2.75) is 71.8 Å². The van der Waals surface area contributed by atoms with Crippen LogP contribution in [0.25, 0.3) is 0 Å². The summed E-state index contributed by atoms with van der Waals surface area (Å²) < 4.78 is 5.02. The maximum absolute atomic E-state index is 12.8. The lowest BCUT2D eigenvalue weighted by Gasteiger charge is -2.25. The van der Waals surface area contributed by atoms with Crippen molar-refractivity contribution in [1.82, 2.24) is 4.90 Å². The molecule has 144 valence electrons. The molecule has 0 aromatic heterocycles. The smallest absolute Gasteiger partial charge is 0.307 e. The summed E-state index contributed by atoms with van der Waals surface area (Å²) in [6, 6.07) is 8.24. The fourth-order valence-corrected chi connectivity index (χ4v) is 3.63. The predicted octanol–water partition coefficient (Wildman–Crippen LogP) is 4.64. The SMILES string of the molecule is CCOC(=O)CCN(Cc1ccc(C)cc1)C(=O)CCC1CCCCC1. The maximum Gasteiger partial charge on any atom is 0.307 e. The Labute approximate surface area is 157 Å². The highest BCUT2D eigenvalue weighted by atomic mass is 16.5. The second kappa shape index (κ2) is 11.0. The Kier molecular flexibility index (Phi) is 8.66. The second-order valence-corrected chi connectivity index (χ2v) is 7.40.